The molecule has 9 nitrogen and oxygen atoms in total. The van der Waals surface area contributed by atoms with E-state index in [0.717, 1.165) is 17.0 Å². The highest BCUT2D eigenvalue weighted by atomic mass is 19.1. The van der Waals surface area contributed by atoms with Gasteiger partial charge in [-0.3, -0.25) is 33.7 Å². The lowest BCUT2D eigenvalue weighted by molar-refractivity contribution is 0.0644. The number of rotatable bonds is 8. The number of carbonyl (C=O) groups excluding carboxylic acids is 3. The van der Waals surface area contributed by atoms with Crippen LogP contribution in [0.5, 0.6) is 0 Å². The lowest BCUT2D eigenvalue weighted by Gasteiger charge is -2.27. The molecule has 220 valence electrons. The largest absolute Gasteiger partial charge is 0.366 e. The molecule has 0 atom stereocenters. The van der Waals surface area contributed by atoms with Crippen LogP contribution in [0.25, 0.3) is 0 Å². The third kappa shape index (κ3) is 5.25. The molecule has 12 heteroatoms. The third-order valence-electron chi connectivity index (χ3n) is 7.89. The first-order valence-corrected chi connectivity index (χ1v) is 13.6. The van der Waals surface area contributed by atoms with Gasteiger partial charge in [-0.25, -0.2) is 17.9 Å². The average Bonchev–Trinajstić information content (AvgIpc) is 3.36. The van der Waals surface area contributed by atoms with E-state index >= 15 is 0 Å². The van der Waals surface area contributed by atoms with Crippen LogP contribution in [-0.4, -0.2) is 50.0 Å². The van der Waals surface area contributed by atoms with Crippen molar-refractivity contribution in [2.75, 3.05) is 13.1 Å². The first kappa shape index (κ1) is 28.2. The molecule has 0 spiro atoms. The number of hydrogen-bond donors (Lipinski definition) is 1. The van der Waals surface area contributed by atoms with E-state index in [2.05, 4.69) is 0 Å². The fourth-order valence-corrected chi connectivity index (χ4v) is 5.92. The number of nitrogens with zero attached hydrogens (tertiary/aromatic N) is 4. The number of amides is 3. The van der Waals surface area contributed by atoms with Crippen molar-refractivity contribution in [1.82, 2.24) is 19.2 Å². The van der Waals surface area contributed by atoms with E-state index in [1.807, 2.05) is 4.90 Å². The summed E-state index contributed by atoms with van der Waals surface area (Å²) in [5.41, 5.74) is 7.50. The Morgan fingerprint density at radius 1 is 0.791 bits per heavy atom. The Hall–Kier alpha value is -4.97. The number of hydrogen-bond acceptors (Lipinski definition) is 5. The van der Waals surface area contributed by atoms with Crippen LogP contribution < -0.4 is 11.3 Å². The lowest BCUT2D eigenvalue weighted by Crippen LogP contribution is -2.35. The quantitative estimate of drug-likeness (QED) is 0.318. The zero-order chi connectivity index (χ0) is 30.4. The van der Waals surface area contributed by atoms with E-state index in [1.54, 1.807) is 28.9 Å². The summed E-state index contributed by atoms with van der Waals surface area (Å²) in [5, 5.41) is 0. The Bertz CT molecular complexity index is 1810. The summed E-state index contributed by atoms with van der Waals surface area (Å²) in [6.07, 6.45) is 0.392. The van der Waals surface area contributed by atoms with Gasteiger partial charge < -0.3 is 5.73 Å². The zero-order valence-electron chi connectivity index (χ0n) is 22.9. The number of carbonyl (C=O) groups is 3. The maximum absolute atomic E-state index is 13.9. The third-order valence-corrected chi connectivity index (χ3v) is 7.89. The molecule has 2 aliphatic rings. The molecular formula is C31H26F3N5O4. The smallest absolute Gasteiger partial charge is 0.271 e. The topological polar surface area (TPSA) is 111 Å². The van der Waals surface area contributed by atoms with Gasteiger partial charge >= 0.3 is 0 Å². The van der Waals surface area contributed by atoms with Crippen molar-refractivity contribution >= 4 is 17.7 Å². The molecule has 2 N–H and O–H groups in total. The van der Waals surface area contributed by atoms with Crippen LogP contribution >= 0.6 is 0 Å². The summed E-state index contributed by atoms with van der Waals surface area (Å²) in [4.78, 5) is 55.0. The molecule has 1 aromatic heterocycles. The summed E-state index contributed by atoms with van der Waals surface area (Å²) >= 11 is 0. The molecule has 0 fully saturated rings. The monoisotopic (exact) mass is 589 g/mol. The summed E-state index contributed by atoms with van der Waals surface area (Å²) in [5.74, 6) is -3.77. The number of imide groups is 1. The van der Waals surface area contributed by atoms with Gasteiger partial charge in [0.1, 0.15) is 17.5 Å². The molecule has 3 aromatic carbocycles. The van der Waals surface area contributed by atoms with Gasteiger partial charge in [0.15, 0.2) is 0 Å². The summed E-state index contributed by atoms with van der Waals surface area (Å²) in [6, 6.07) is 13.4. The maximum atomic E-state index is 13.9. The first-order chi connectivity index (χ1) is 20.6. The van der Waals surface area contributed by atoms with Crippen LogP contribution in [0.1, 0.15) is 53.5 Å². The van der Waals surface area contributed by atoms with E-state index < -0.39 is 35.2 Å². The van der Waals surface area contributed by atoms with E-state index in [9.17, 15) is 32.3 Å². The van der Waals surface area contributed by atoms with Gasteiger partial charge in [0.05, 0.1) is 29.8 Å². The van der Waals surface area contributed by atoms with Crippen LogP contribution in [0.3, 0.4) is 0 Å². The van der Waals surface area contributed by atoms with Crippen LogP contribution in [0.2, 0.25) is 0 Å². The Morgan fingerprint density at radius 3 is 2.12 bits per heavy atom. The number of primary amides is 1. The lowest BCUT2D eigenvalue weighted by atomic mass is 10.1. The normalized spacial score (nSPS) is 14.7. The van der Waals surface area contributed by atoms with Gasteiger partial charge in [0.2, 0.25) is 5.91 Å². The predicted octanol–water partition coefficient (Wildman–Crippen LogP) is 3.07. The number of nitrogens with two attached hydrogens (primary N) is 1. The van der Waals surface area contributed by atoms with Gasteiger partial charge in [0.25, 0.3) is 17.4 Å². The molecule has 0 unspecified atom stereocenters. The minimum absolute atomic E-state index is 0.0225. The Balaban J connectivity index is 1.34. The molecule has 3 heterocycles. The van der Waals surface area contributed by atoms with Crippen molar-refractivity contribution < 1.29 is 27.6 Å². The molecule has 43 heavy (non-hydrogen) atoms. The Morgan fingerprint density at radius 2 is 1.47 bits per heavy atom. The van der Waals surface area contributed by atoms with Crippen molar-refractivity contribution in [2.45, 2.75) is 32.6 Å². The minimum Gasteiger partial charge on any atom is -0.366 e. The van der Waals surface area contributed by atoms with Crippen LogP contribution in [0.15, 0.2) is 65.5 Å². The van der Waals surface area contributed by atoms with Crippen molar-refractivity contribution in [3.8, 4) is 0 Å². The molecule has 4 aromatic rings. The molecule has 0 radical (unpaired) electrons. The average molecular weight is 590 g/mol. The van der Waals surface area contributed by atoms with Crippen LogP contribution in [0, 0.1) is 17.5 Å². The number of fused-ring (bicyclic) bond motifs is 2. The Kier molecular flexibility index (Phi) is 7.22. The van der Waals surface area contributed by atoms with E-state index in [0.29, 0.717) is 46.5 Å². The fourth-order valence-electron chi connectivity index (χ4n) is 5.92. The number of benzene rings is 3. The molecule has 3 amide bonds. The minimum atomic E-state index is -0.857. The van der Waals surface area contributed by atoms with Gasteiger partial charge in [-0.2, -0.15) is 0 Å². The summed E-state index contributed by atoms with van der Waals surface area (Å²) in [6.45, 7) is 0.784. The van der Waals surface area contributed by atoms with Gasteiger partial charge in [-0.15, -0.1) is 0 Å². The van der Waals surface area contributed by atoms with Crippen molar-refractivity contribution in [3.63, 3.8) is 0 Å². The van der Waals surface area contributed by atoms with E-state index in [1.165, 1.54) is 28.9 Å². The van der Waals surface area contributed by atoms with Crippen LogP contribution in [0.4, 0.5) is 13.2 Å². The standard InChI is InChI=1S/C31H26F3N5O4/c32-20-6-5-19(25(14-20)28(35)40)16-39-31(43)26-17-36(15-18-11-21(33)13-22(34)12-18)8-7-27(26)38(39)10-9-37-29(41)23-3-1-2-4-24(23)30(37)42/h1-6,11-14H,7-10,15-17H2,(H2,35,40). The highest BCUT2D eigenvalue weighted by molar-refractivity contribution is 6.21. The molecule has 0 aliphatic carbocycles. The second kappa shape index (κ2) is 11.0. The van der Waals surface area contributed by atoms with Crippen molar-refractivity contribution in [3.05, 3.63) is 128 Å². The number of aromatic nitrogens is 2. The summed E-state index contributed by atoms with van der Waals surface area (Å²) in [7, 11) is 0. The van der Waals surface area contributed by atoms with Crippen molar-refractivity contribution in [2.24, 2.45) is 5.73 Å². The second-order valence-corrected chi connectivity index (χ2v) is 10.6. The molecule has 0 bridgehead atoms. The molecule has 2 aliphatic heterocycles. The molecule has 0 saturated heterocycles. The zero-order valence-corrected chi connectivity index (χ0v) is 22.9. The highest BCUT2D eigenvalue weighted by Crippen LogP contribution is 2.24. The fraction of sp³-hybridized carbons (Fsp3) is 0.226. The Labute approximate surface area is 243 Å². The predicted molar refractivity (Wildman–Crippen MR) is 149 cm³/mol. The SMILES string of the molecule is NC(=O)c1cc(F)ccc1Cn1c(=O)c2c(n1CCN1C(=O)c3ccccc3C1=O)CCN(Cc1cc(F)cc(F)c1)C2. The van der Waals surface area contributed by atoms with E-state index in [4.69, 9.17) is 5.73 Å². The van der Waals surface area contributed by atoms with Gasteiger partial charge in [0, 0.05) is 49.9 Å². The molecule has 6 rings (SSSR count). The van der Waals surface area contributed by atoms with Gasteiger partial charge in [-0.1, -0.05) is 18.2 Å². The van der Waals surface area contributed by atoms with Crippen LogP contribution in [-0.2, 0) is 32.6 Å². The molecular weight excluding hydrogens is 563 g/mol. The van der Waals surface area contributed by atoms with Gasteiger partial charge in [-0.05, 0) is 47.5 Å². The molecule has 0 saturated carbocycles. The second-order valence-electron chi connectivity index (χ2n) is 10.6. The summed E-state index contributed by atoms with van der Waals surface area (Å²) < 4.78 is 44.6. The number of halogens is 3. The van der Waals surface area contributed by atoms with E-state index in [-0.39, 0.29) is 43.8 Å². The first-order valence-electron chi connectivity index (χ1n) is 13.6. The maximum Gasteiger partial charge on any atom is 0.271 e. The highest BCUT2D eigenvalue weighted by Gasteiger charge is 2.35. The van der Waals surface area contributed by atoms with Crippen molar-refractivity contribution in [1.29, 1.82) is 0 Å².